The van der Waals surface area contributed by atoms with E-state index in [2.05, 4.69) is 55.5 Å². The lowest BCUT2D eigenvalue weighted by molar-refractivity contribution is 0.338. The number of fused-ring (bicyclic) bond motifs is 2. The van der Waals surface area contributed by atoms with Crippen LogP contribution in [0.1, 0.15) is 28.4 Å². The summed E-state index contributed by atoms with van der Waals surface area (Å²) in [4.78, 5) is 0. The Hall–Kier alpha value is -2.74. The van der Waals surface area contributed by atoms with Gasteiger partial charge < -0.3 is 9.15 Å². The summed E-state index contributed by atoms with van der Waals surface area (Å²) in [5.74, 6) is 1.96. The van der Waals surface area contributed by atoms with Crippen LogP contribution in [-0.4, -0.2) is 7.11 Å². The molecule has 2 heteroatoms. The lowest BCUT2D eigenvalue weighted by atomic mass is 9.82. The van der Waals surface area contributed by atoms with Gasteiger partial charge in [-0.25, -0.2) is 0 Å². The van der Waals surface area contributed by atoms with E-state index in [0.29, 0.717) is 0 Å². The van der Waals surface area contributed by atoms with Gasteiger partial charge in [0.15, 0.2) is 0 Å². The van der Waals surface area contributed by atoms with Crippen LogP contribution in [0.25, 0.3) is 23.0 Å². The molecule has 23 heavy (non-hydrogen) atoms. The summed E-state index contributed by atoms with van der Waals surface area (Å²) >= 11 is 0. The smallest absolute Gasteiger partial charge is 0.134 e. The first kappa shape index (κ1) is 13.9. The maximum Gasteiger partial charge on any atom is 0.134 e. The number of aryl methyl sites for hydroxylation is 1. The number of hydrogen-bond acceptors (Lipinski definition) is 2. The number of rotatable bonds is 2. The van der Waals surface area contributed by atoms with Gasteiger partial charge in [-0.2, -0.15) is 0 Å². The molecule has 2 nitrogen and oxygen atoms in total. The highest BCUT2D eigenvalue weighted by molar-refractivity contribution is 5.83. The largest absolute Gasteiger partial charge is 0.504 e. The fourth-order valence-corrected chi connectivity index (χ4v) is 3.31. The molecule has 0 fully saturated rings. The van der Waals surface area contributed by atoms with E-state index in [1.165, 1.54) is 11.1 Å². The molecule has 0 saturated carbocycles. The minimum atomic E-state index is 0.0594. The normalized spacial score (nSPS) is 18.3. The van der Waals surface area contributed by atoms with Crippen LogP contribution in [0.4, 0.5) is 0 Å². The summed E-state index contributed by atoms with van der Waals surface area (Å²) in [5.41, 5.74) is 5.82. The van der Waals surface area contributed by atoms with Crippen molar-refractivity contribution in [3.8, 4) is 11.3 Å². The van der Waals surface area contributed by atoms with Crippen molar-refractivity contribution in [2.75, 3.05) is 7.11 Å². The van der Waals surface area contributed by atoms with E-state index in [-0.39, 0.29) is 5.92 Å². The molecular weight excluding hydrogens is 284 g/mol. The molecule has 1 unspecified atom stereocenters. The van der Waals surface area contributed by atoms with Gasteiger partial charge in [0, 0.05) is 11.1 Å². The Labute approximate surface area is 136 Å². The van der Waals surface area contributed by atoms with Crippen LogP contribution < -0.4 is 0 Å². The summed E-state index contributed by atoms with van der Waals surface area (Å²) < 4.78 is 11.6. The Bertz CT molecular complexity index is 882. The third-order valence-corrected chi connectivity index (χ3v) is 4.39. The molecule has 0 N–H and O–H groups in total. The monoisotopic (exact) mass is 302 g/mol. The molecule has 0 bridgehead atoms. The van der Waals surface area contributed by atoms with Crippen molar-refractivity contribution < 1.29 is 9.15 Å². The van der Waals surface area contributed by atoms with E-state index in [4.69, 9.17) is 9.15 Å². The van der Waals surface area contributed by atoms with Gasteiger partial charge in [0.05, 0.1) is 19.3 Å². The van der Waals surface area contributed by atoms with Gasteiger partial charge in [-0.05, 0) is 35.7 Å². The molecule has 0 spiro atoms. The molecule has 1 aromatic rings. The highest BCUT2D eigenvalue weighted by Crippen LogP contribution is 2.42. The number of methoxy groups -OCH3 is 1. The molecular formula is C21H18O2. The van der Waals surface area contributed by atoms with Crippen LogP contribution in [-0.2, 0) is 4.74 Å². The zero-order chi connectivity index (χ0) is 15.8. The second-order valence-corrected chi connectivity index (χ2v) is 5.87. The molecule has 1 heterocycles. The Morgan fingerprint density at radius 3 is 2.83 bits per heavy atom. The summed E-state index contributed by atoms with van der Waals surface area (Å²) in [5, 5.41) is 0. The highest BCUT2D eigenvalue weighted by Gasteiger charge is 2.26. The van der Waals surface area contributed by atoms with E-state index < -0.39 is 0 Å². The van der Waals surface area contributed by atoms with Crippen molar-refractivity contribution in [2.24, 2.45) is 0 Å². The average molecular weight is 302 g/mol. The SMILES string of the molecule is CO/C=C1/c2ccccc2C=CC1c1oc2cccc-2cc1C. The molecule has 1 atom stereocenters. The predicted octanol–water partition coefficient (Wildman–Crippen LogP) is 5.49. The summed E-state index contributed by atoms with van der Waals surface area (Å²) in [7, 11) is 1.69. The number of benzene rings is 1. The fourth-order valence-electron chi connectivity index (χ4n) is 3.31. The number of hydrogen-bond donors (Lipinski definition) is 0. The average Bonchev–Trinajstić information content (AvgIpc) is 3.02. The first-order valence-electron chi connectivity index (χ1n) is 7.77. The van der Waals surface area contributed by atoms with Crippen LogP contribution in [0.5, 0.6) is 0 Å². The van der Waals surface area contributed by atoms with E-state index in [0.717, 1.165) is 28.2 Å². The molecule has 0 radical (unpaired) electrons. The van der Waals surface area contributed by atoms with Crippen molar-refractivity contribution in [3.05, 3.63) is 83.3 Å². The van der Waals surface area contributed by atoms with Crippen molar-refractivity contribution in [3.63, 3.8) is 0 Å². The quantitative estimate of drug-likeness (QED) is 0.584. The summed E-state index contributed by atoms with van der Waals surface area (Å²) in [6.45, 7) is 2.10. The van der Waals surface area contributed by atoms with Gasteiger partial charge in [-0.3, -0.25) is 0 Å². The molecule has 0 aromatic heterocycles. The minimum Gasteiger partial charge on any atom is -0.504 e. The Morgan fingerprint density at radius 2 is 1.96 bits per heavy atom. The van der Waals surface area contributed by atoms with Crippen LogP contribution in [0.3, 0.4) is 0 Å². The first-order chi connectivity index (χ1) is 11.3. The lowest BCUT2D eigenvalue weighted by Crippen LogP contribution is -2.07. The summed E-state index contributed by atoms with van der Waals surface area (Å²) in [6, 6.07) is 16.7. The standard InChI is InChI=1S/C21H18O2/c1-14-12-16-7-5-9-20(16)23-21(14)18-11-10-15-6-3-4-8-17(15)19(18)13-22-2/h3-13,18H,1-2H3/b19-13-. The molecule has 2 aliphatic carbocycles. The van der Waals surface area contributed by atoms with E-state index in [1.807, 2.05) is 18.4 Å². The lowest BCUT2D eigenvalue weighted by Gasteiger charge is -2.24. The fraction of sp³-hybridized carbons (Fsp3) is 0.143. The van der Waals surface area contributed by atoms with Gasteiger partial charge >= 0.3 is 0 Å². The first-order valence-corrected chi connectivity index (χ1v) is 7.77. The second-order valence-electron chi connectivity index (χ2n) is 5.87. The maximum atomic E-state index is 6.22. The van der Waals surface area contributed by atoms with E-state index in [1.54, 1.807) is 7.11 Å². The Kier molecular flexibility index (Phi) is 3.30. The zero-order valence-electron chi connectivity index (χ0n) is 13.2. The molecule has 1 aliphatic heterocycles. The van der Waals surface area contributed by atoms with Gasteiger partial charge in [0.2, 0.25) is 0 Å². The molecule has 1 aromatic carbocycles. The van der Waals surface area contributed by atoms with Gasteiger partial charge in [0.25, 0.3) is 0 Å². The van der Waals surface area contributed by atoms with E-state index >= 15 is 0 Å². The Balaban J connectivity index is 1.89. The third-order valence-electron chi connectivity index (χ3n) is 4.39. The maximum absolute atomic E-state index is 6.22. The van der Waals surface area contributed by atoms with Crippen LogP contribution >= 0.6 is 0 Å². The molecule has 0 saturated heterocycles. The third kappa shape index (κ3) is 2.27. The van der Waals surface area contributed by atoms with E-state index in [9.17, 15) is 0 Å². The van der Waals surface area contributed by atoms with Crippen molar-refractivity contribution in [1.82, 2.24) is 0 Å². The molecule has 114 valence electrons. The van der Waals surface area contributed by atoms with Gasteiger partial charge in [-0.15, -0.1) is 0 Å². The molecule has 3 aliphatic rings. The predicted molar refractivity (Wildman–Crippen MR) is 93.3 cm³/mol. The van der Waals surface area contributed by atoms with Crippen molar-refractivity contribution in [1.29, 1.82) is 0 Å². The zero-order valence-corrected chi connectivity index (χ0v) is 13.2. The van der Waals surface area contributed by atoms with Crippen molar-refractivity contribution in [2.45, 2.75) is 12.8 Å². The molecule has 4 rings (SSSR count). The summed E-state index contributed by atoms with van der Waals surface area (Å²) in [6.07, 6.45) is 6.18. The van der Waals surface area contributed by atoms with Crippen LogP contribution in [0, 0.1) is 6.92 Å². The second kappa shape index (κ2) is 5.47. The van der Waals surface area contributed by atoms with Crippen molar-refractivity contribution >= 4 is 11.6 Å². The topological polar surface area (TPSA) is 22.4 Å². The number of allylic oxidation sites excluding steroid dienone is 2. The van der Waals surface area contributed by atoms with Crippen LogP contribution in [0.2, 0.25) is 0 Å². The highest BCUT2D eigenvalue weighted by atomic mass is 16.5. The van der Waals surface area contributed by atoms with Crippen LogP contribution in [0.15, 0.2) is 65.3 Å². The molecule has 0 amide bonds. The number of ether oxygens (including phenoxy) is 1. The minimum absolute atomic E-state index is 0.0594. The van der Waals surface area contributed by atoms with Gasteiger partial charge in [0.1, 0.15) is 11.5 Å². The van der Waals surface area contributed by atoms with Gasteiger partial charge in [-0.1, -0.05) is 48.6 Å². The Morgan fingerprint density at radius 1 is 1.09 bits per heavy atom.